The molecule has 0 spiro atoms. The molecule has 1 heterocycles. The lowest BCUT2D eigenvalue weighted by molar-refractivity contribution is 1.32. The third-order valence-electron chi connectivity index (χ3n) is 1.96. The van der Waals surface area contributed by atoms with Crippen LogP contribution in [0.25, 0.3) is 11.3 Å². The molecule has 0 atom stereocenters. The fourth-order valence-electron chi connectivity index (χ4n) is 1.22. The Balaban J connectivity index is 2.42. The van der Waals surface area contributed by atoms with Crippen molar-refractivity contribution in [1.82, 2.24) is 4.98 Å². The maximum absolute atomic E-state index is 4.22. The molecule has 0 saturated carbocycles. The number of nitrogens with zero attached hydrogens (tertiary/aromatic N) is 1. The summed E-state index contributed by atoms with van der Waals surface area (Å²) in [5.41, 5.74) is 3.42. The van der Waals surface area contributed by atoms with Gasteiger partial charge in [0.05, 0.1) is 5.69 Å². The molecule has 13 heavy (non-hydrogen) atoms. The maximum atomic E-state index is 4.22. The zero-order chi connectivity index (χ0) is 9.10. The Hall–Kier alpha value is -1.63. The molecule has 0 aliphatic carbocycles. The standard InChI is InChI=1S/C12H10N/c1-10-5-7-11(8-6-10)12-4-2-3-9-13-12/h2,4-9H,1H3. The Kier molecular flexibility index (Phi) is 2.09. The summed E-state index contributed by atoms with van der Waals surface area (Å²) in [7, 11) is 0. The van der Waals surface area contributed by atoms with E-state index >= 15 is 0 Å². The zero-order valence-corrected chi connectivity index (χ0v) is 7.49. The van der Waals surface area contributed by atoms with Gasteiger partial charge in [-0.25, -0.2) is 0 Å². The molecule has 0 amide bonds. The van der Waals surface area contributed by atoms with Crippen molar-refractivity contribution >= 4 is 0 Å². The summed E-state index contributed by atoms with van der Waals surface area (Å²) in [5.74, 6) is 0. The molecule has 1 heteroatoms. The largest absolute Gasteiger partial charge is 0.256 e. The van der Waals surface area contributed by atoms with Crippen LogP contribution in [0.15, 0.2) is 42.6 Å². The Bertz CT molecular complexity index is 376. The predicted octanol–water partition coefficient (Wildman–Crippen LogP) is 2.86. The molecule has 1 nitrogen and oxygen atoms in total. The van der Waals surface area contributed by atoms with Crippen molar-refractivity contribution in [1.29, 1.82) is 0 Å². The van der Waals surface area contributed by atoms with Gasteiger partial charge in [-0.05, 0) is 13.0 Å². The number of aryl methyl sites for hydroxylation is 1. The van der Waals surface area contributed by atoms with E-state index in [-0.39, 0.29) is 0 Å². The quantitative estimate of drug-likeness (QED) is 0.638. The summed E-state index contributed by atoms with van der Waals surface area (Å²) < 4.78 is 0. The number of benzene rings is 1. The van der Waals surface area contributed by atoms with E-state index in [9.17, 15) is 0 Å². The molecule has 63 valence electrons. The normalized spacial score (nSPS) is 9.92. The molecule has 0 aliphatic rings. The minimum atomic E-state index is 0.999. The second kappa shape index (κ2) is 3.40. The van der Waals surface area contributed by atoms with Crippen molar-refractivity contribution in [3.63, 3.8) is 0 Å². The summed E-state index contributed by atoms with van der Waals surface area (Å²) in [6, 6.07) is 15.1. The summed E-state index contributed by atoms with van der Waals surface area (Å²) >= 11 is 0. The number of hydrogen-bond donors (Lipinski definition) is 0. The molecule has 0 bridgehead atoms. The van der Waals surface area contributed by atoms with E-state index in [2.05, 4.69) is 42.2 Å². The van der Waals surface area contributed by atoms with Gasteiger partial charge < -0.3 is 0 Å². The van der Waals surface area contributed by atoms with Gasteiger partial charge in [-0.1, -0.05) is 35.9 Å². The molecule has 2 rings (SSSR count). The number of rotatable bonds is 1. The van der Waals surface area contributed by atoms with Crippen LogP contribution in [0.3, 0.4) is 0 Å². The highest BCUT2D eigenvalue weighted by molar-refractivity contribution is 5.58. The van der Waals surface area contributed by atoms with Crippen LogP contribution >= 0.6 is 0 Å². The van der Waals surface area contributed by atoms with Gasteiger partial charge in [0, 0.05) is 17.8 Å². The minimum absolute atomic E-state index is 0.999. The van der Waals surface area contributed by atoms with Crippen molar-refractivity contribution in [2.24, 2.45) is 0 Å². The van der Waals surface area contributed by atoms with Gasteiger partial charge in [0.25, 0.3) is 0 Å². The first-order chi connectivity index (χ1) is 6.36. The zero-order valence-electron chi connectivity index (χ0n) is 7.49. The maximum Gasteiger partial charge on any atom is 0.0702 e. The van der Waals surface area contributed by atoms with Gasteiger partial charge in [0.2, 0.25) is 0 Å². The summed E-state index contributed by atoms with van der Waals surface area (Å²) in [5, 5.41) is 0. The van der Waals surface area contributed by atoms with Crippen molar-refractivity contribution < 1.29 is 0 Å². The first-order valence-electron chi connectivity index (χ1n) is 4.25. The lowest BCUT2D eigenvalue weighted by Gasteiger charge is -1.99. The summed E-state index contributed by atoms with van der Waals surface area (Å²) in [6.07, 6.45) is 1.69. The highest BCUT2D eigenvalue weighted by Crippen LogP contribution is 2.15. The first kappa shape index (κ1) is 7.99. The fraction of sp³-hybridized carbons (Fsp3) is 0.0833. The smallest absolute Gasteiger partial charge is 0.0702 e. The van der Waals surface area contributed by atoms with Crippen LogP contribution in [0, 0.1) is 13.0 Å². The van der Waals surface area contributed by atoms with Crippen LogP contribution in [-0.4, -0.2) is 4.98 Å². The molecule has 0 aliphatic heterocycles. The molecular weight excluding hydrogens is 158 g/mol. The van der Waals surface area contributed by atoms with E-state index < -0.39 is 0 Å². The number of pyridine rings is 1. The average molecular weight is 168 g/mol. The van der Waals surface area contributed by atoms with E-state index in [1.807, 2.05) is 12.1 Å². The first-order valence-corrected chi connectivity index (χ1v) is 4.25. The van der Waals surface area contributed by atoms with Crippen LogP contribution in [0.1, 0.15) is 5.56 Å². The summed E-state index contributed by atoms with van der Waals surface area (Å²) in [6.45, 7) is 2.08. The molecular formula is C12H10N. The molecule has 1 aromatic carbocycles. The average Bonchev–Trinajstić information content (AvgIpc) is 2.20. The minimum Gasteiger partial charge on any atom is -0.256 e. The van der Waals surface area contributed by atoms with Crippen LogP contribution in [0.4, 0.5) is 0 Å². The molecule has 1 aromatic heterocycles. The highest BCUT2D eigenvalue weighted by atomic mass is 14.7. The molecule has 0 saturated heterocycles. The molecule has 0 unspecified atom stereocenters. The Morgan fingerprint density at radius 3 is 2.46 bits per heavy atom. The van der Waals surface area contributed by atoms with Crippen LogP contribution in [0.5, 0.6) is 0 Å². The van der Waals surface area contributed by atoms with Gasteiger partial charge in [0.15, 0.2) is 0 Å². The van der Waals surface area contributed by atoms with E-state index in [0.29, 0.717) is 0 Å². The lowest BCUT2D eigenvalue weighted by Crippen LogP contribution is -1.81. The molecule has 0 N–H and O–H groups in total. The van der Waals surface area contributed by atoms with Crippen molar-refractivity contribution in [3.8, 4) is 11.3 Å². The monoisotopic (exact) mass is 168 g/mol. The van der Waals surface area contributed by atoms with Crippen LogP contribution < -0.4 is 0 Å². The highest BCUT2D eigenvalue weighted by Gasteiger charge is 1.95. The van der Waals surface area contributed by atoms with E-state index in [1.54, 1.807) is 6.20 Å². The second-order valence-corrected chi connectivity index (χ2v) is 3.01. The fourth-order valence-corrected chi connectivity index (χ4v) is 1.22. The van der Waals surface area contributed by atoms with Gasteiger partial charge >= 0.3 is 0 Å². The van der Waals surface area contributed by atoms with Gasteiger partial charge in [-0.15, -0.1) is 0 Å². The van der Waals surface area contributed by atoms with Crippen molar-refractivity contribution in [2.75, 3.05) is 0 Å². The third-order valence-corrected chi connectivity index (χ3v) is 1.96. The van der Waals surface area contributed by atoms with Gasteiger partial charge in [-0.3, -0.25) is 4.98 Å². The number of hydrogen-bond acceptors (Lipinski definition) is 1. The topological polar surface area (TPSA) is 12.9 Å². The molecule has 1 radical (unpaired) electrons. The lowest BCUT2D eigenvalue weighted by atomic mass is 10.1. The van der Waals surface area contributed by atoms with E-state index in [1.165, 1.54) is 5.56 Å². The van der Waals surface area contributed by atoms with Crippen molar-refractivity contribution in [2.45, 2.75) is 6.92 Å². The molecule has 2 aromatic rings. The Morgan fingerprint density at radius 1 is 1.08 bits per heavy atom. The van der Waals surface area contributed by atoms with E-state index in [4.69, 9.17) is 0 Å². The molecule has 0 fully saturated rings. The predicted molar refractivity (Wildman–Crippen MR) is 53.2 cm³/mol. The Morgan fingerprint density at radius 2 is 1.85 bits per heavy atom. The van der Waals surface area contributed by atoms with E-state index in [0.717, 1.165) is 11.3 Å². The second-order valence-electron chi connectivity index (χ2n) is 3.01. The van der Waals surface area contributed by atoms with Gasteiger partial charge in [0.1, 0.15) is 0 Å². The Labute approximate surface area is 78.1 Å². The summed E-state index contributed by atoms with van der Waals surface area (Å²) in [4.78, 5) is 4.22. The van der Waals surface area contributed by atoms with Crippen LogP contribution in [0.2, 0.25) is 0 Å². The van der Waals surface area contributed by atoms with Crippen molar-refractivity contribution in [3.05, 3.63) is 54.2 Å². The van der Waals surface area contributed by atoms with Crippen LogP contribution in [-0.2, 0) is 0 Å². The SMILES string of the molecule is Cc1ccc(-c2cc[c]cn2)cc1. The third kappa shape index (κ3) is 1.75. The van der Waals surface area contributed by atoms with Gasteiger partial charge in [-0.2, -0.15) is 0 Å². The number of aromatic nitrogens is 1.